The molecule has 1 amide bonds. The molecule has 1 aromatic heterocycles. The van der Waals surface area contributed by atoms with Crippen LogP contribution >= 0.6 is 24.0 Å². The molecule has 0 saturated carbocycles. The van der Waals surface area contributed by atoms with Crippen LogP contribution in [0.2, 0.25) is 0 Å². The third-order valence-corrected chi connectivity index (χ3v) is 3.70. The van der Waals surface area contributed by atoms with Crippen molar-refractivity contribution >= 4 is 41.1 Å². The zero-order valence-corrected chi connectivity index (χ0v) is 11.9. The minimum atomic E-state index is -0.247. The molecule has 2 aromatic rings. The summed E-state index contributed by atoms with van der Waals surface area (Å²) < 4.78 is 5.66. The number of benzene rings is 1. The van der Waals surface area contributed by atoms with Crippen LogP contribution in [-0.2, 0) is 4.79 Å². The maximum atomic E-state index is 11.5. The Labute approximate surface area is 125 Å². The lowest BCUT2D eigenvalue weighted by atomic mass is 10.3. The molecular weight excluding hydrogens is 292 g/mol. The Balaban J connectivity index is 1.76. The quantitative estimate of drug-likeness (QED) is 0.674. The number of hydrogen-bond acceptors (Lipinski definition) is 4. The van der Waals surface area contributed by atoms with Crippen molar-refractivity contribution in [3.63, 3.8) is 0 Å². The standard InChI is InChI=1S/C14H10N2O2S2/c17-13-11(15-14(19)16-13)8-9-6-7-12(18-9)20-10-4-2-1-3-5-10/h1-8H,(H2,15,16,17,19)/b11-8+. The molecule has 6 heteroatoms. The molecule has 1 saturated heterocycles. The normalized spacial score (nSPS) is 16.3. The van der Waals surface area contributed by atoms with Gasteiger partial charge in [-0.15, -0.1) is 0 Å². The first-order valence-electron chi connectivity index (χ1n) is 5.87. The van der Waals surface area contributed by atoms with Gasteiger partial charge in [-0.25, -0.2) is 0 Å². The summed E-state index contributed by atoms with van der Waals surface area (Å²) in [5, 5.41) is 6.36. The second-order valence-electron chi connectivity index (χ2n) is 4.04. The topological polar surface area (TPSA) is 54.3 Å². The highest BCUT2D eigenvalue weighted by Gasteiger charge is 2.20. The maximum absolute atomic E-state index is 11.5. The van der Waals surface area contributed by atoms with Gasteiger partial charge in [-0.05, 0) is 36.5 Å². The van der Waals surface area contributed by atoms with Crippen molar-refractivity contribution in [3.8, 4) is 0 Å². The Morgan fingerprint density at radius 1 is 1.10 bits per heavy atom. The van der Waals surface area contributed by atoms with Gasteiger partial charge in [-0.3, -0.25) is 10.1 Å². The molecule has 20 heavy (non-hydrogen) atoms. The molecule has 1 aromatic carbocycles. The molecule has 0 radical (unpaired) electrons. The molecule has 1 aliphatic rings. The van der Waals surface area contributed by atoms with Crippen molar-refractivity contribution in [2.45, 2.75) is 9.99 Å². The van der Waals surface area contributed by atoms with Gasteiger partial charge in [0.1, 0.15) is 11.5 Å². The molecule has 1 aliphatic heterocycles. The van der Waals surface area contributed by atoms with Gasteiger partial charge in [0.25, 0.3) is 5.91 Å². The summed E-state index contributed by atoms with van der Waals surface area (Å²) in [6.07, 6.45) is 1.63. The first-order valence-corrected chi connectivity index (χ1v) is 7.10. The van der Waals surface area contributed by atoms with E-state index in [1.165, 1.54) is 11.8 Å². The Kier molecular flexibility index (Phi) is 3.58. The van der Waals surface area contributed by atoms with Gasteiger partial charge >= 0.3 is 0 Å². The van der Waals surface area contributed by atoms with E-state index in [-0.39, 0.29) is 5.91 Å². The SMILES string of the molecule is O=C1NC(=S)N/C1=C/c1ccc(Sc2ccccc2)o1. The highest BCUT2D eigenvalue weighted by Crippen LogP contribution is 2.29. The van der Waals surface area contributed by atoms with E-state index in [0.29, 0.717) is 16.6 Å². The van der Waals surface area contributed by atoms with Gasteiger partial charge in [0.15, 0.2) is 10.2 Å². The summed E-state index contributed by atoms with van der Waals surface area (Å²) in [5.74, 6) is 0.356. The molecule has 1 fully saturated rings. The van der Waals surface area contributed by atoms with Crippen LogP contribution in [0.1, 0.15) is 5.76 Å². The van der Waals surface area contributed by atoms with Crippen LogP contribution in [0.3, 0.4) is 0 Å². The van der Waals surface area contributed by atoms with Gasteiger partial charge in [-0.2, -0.15) is 0 Å². The molecule has 0 atom stereocenters. The van der Waals surface area contributed by atoms with Crippen LogP contribution in [0.25, 0.3) is 6.08 Å². The van der Waals surface area contributed by atoms with Crippen LogP contribution < -0.4 is 10.6 Å². The van der Waals surface area contributed by atoms with E-state index >= 15 is 0 Å². The number of furan rings is 1. The monoisotopic (exact) mass is 302 g/mol. The second kappa shape index (κ2) is 5.52. The zero-order chi connectivity index (χ0) is 13.9. The van der Waals surface area contributed by atoms with Crippen LogP contribution in [0.5, 0.6) is 0 Å². The number of carbonyl (C=O) groups excluding carboxylic acids is 1. The minimum absolute atomic E-state index is 0.247. The first kappa shape index (κ1) is 13.0. The number of amides is 1. The third-order valence-electron chi connectivity index (χ3n) is 2.57. The van der Waals surface area contributed by atoms with Gasteiger partial charge in [0.05, 0.1) is 0 Å². The third kappa shape index (κ3) is 2.92. The first-order chi connectivity index (χ1) is 9.70. The van der Waals surface area contributed by atoms with E-state index in [9.17, 15) is 4.79 Å². The molecular formula is C14H10N2O2S2. The van der Waals surface area contributed by atoms with Gasteiger partial charge < -0.3 is 9.73 Å². The average molecular weight is 302 g/mol. The van der Waals surface area contributed by atoms with Crippen LogP contribution in [0, 0.1) is 0 Å². The van der Waals surface area contributed by atoms with Crippen molar-refractivity contribution in [3.05, 3.63) is 53.9 Å². The van der Waals surface area contributed by atoms with Crippen LogP contribution in [0.4, 0.5) is 0 Å². The molecule has 4 nitrogen and oxygen atoms in total. The average Bonchev–Trinajstić information content (AvgIpc) is 2.98. The Hall–Kier alpha value is -2.05. The molecule has 0 unspecified atom stereocenters. The van der Waals surface area contributed by atoms with Gasteiger partial charge in [0, 0.05) is 11.0 Å². The van der Waals surface area contributed by atoms with Crippen molar-refractivity contribution in [2.75, 3.05) is 0 Å². The summed E-state index contributed by atoms with van der Waals surface area (Å²) in [7, 11) is 0. The van der Waals surface area contributed by atoms with E-state index in [1.54, 1.807) is 6.08 Å². The van der Waals surface area contributed by atoms with E-state index < -0.39 is 0 Å². The number of thiocarbonyl (C=S) groups is 1. The van der Waals surface area contributed by atoms with E-state index in [2.05, 4.69) is 10.6 Å². The summed E-state index contributed by atoms with van der Waals surface area (Å²) in [6, 6.07) is 13.6. The lowest BCUT2D eigenvalue weighted by Gasteiger charge is -1.96. The Bertz CT molecular complexity index is 692. The van der Waals surface area contributed by atoms with Crippen molar-refractivity contribution < 1.29 is 9.21 Å². The van der Waals surface area contributed by atoms with Crippen LogP contribution in [0.15, 0.2) is 62.6 Å². The Morgan fingerprint density at radius 2 is 1.90 bits per heavy atom. The van der Waals surface area contributed by atoms with Crippen molar-refractivity contribution in [2.24, 2.45) is 0 Å². The molecule has 0 bridgehead atoms. The summed E-state index contributed by atoms with van der Waals surface area (Å²) in [6.45, 7) is 0. The molecule has 3 rings (SSSR count). The maximum Gasteiger partial charge on any atom is 0.274 e. The molecule has 100 valence electrons. The smallest absolute Gasteiger partial charge is 0.274 e. The highest BCUT2D eigenvalue weighted by molar-refractivity contribution is 7.99. The highest BCUT2D eigenvalue weighted by atomic mass is 32.2. The van der Waals surface area contributed by atoms with Crippen molar-refractivity contribution in [1.82, 2.24) is 10.6 Å². The van der Waals surface area contributed by atoms with Crippen LogP contribution in [-0.4, -0.2) is 11.0 Å². The fourth-order valence-electron chi connectivity index (χ4n) is 1.70. The second-order valence-corrected chi connectivity index (χ2v) is 5.52. The molecule has 0 aliphatic carbocycles. The lowest BCUT2D eigenvalue weighted by Crippen LogP contribution is -2.21. The van der Waals surface area contributed by atoms with E-state index in [1.807, 2.05) is 42.5 Å². The zero-order valence-electron chi connectivity index (χ0n) is 10.3. The summed E-state index contributed by atoms with van der Waals surface area (Å²) >= 11 is 6.39. The number of hydrogen-bond donors (Lipinski definition) is 2. The van der Waals surface area contributed by atoms with E-state index in [4.69, 9.17) is 16.6 Å². The summed E-state index contributed by atoms with van der Waals surface area (Å²) in [4.78, 5) is 12.6. The fourth-order valence-corrected chi connectivity index (χ4v) is 2.70. The molecule has 0 spiro atoms. The predicted octanol–water partition coefficient (Wildman–Crippen LogP) is 2.78. The van der Waals surface area contributed by atoms with Gasteiger partial charge in [0.2, 0.25) is 0 Å². The fraction of sp³-hybridized carbons (Fsp3) is 0. The molecule has 2 heterocycles. The predicted molar refractivity (Wildman–Crippen MR) is 81.1 cm³/mol. The van der Waals surface area contributed by atoms with Crippen molar-refractivity contribution in [1.29, 1.82) is 0 Å². The summed E-state index contributed by atoms with van der Waals surface area (Å²) in [5.41, 5.74) is 0.389. The Morgan fingerprint density at radius 3 is 2.60 bits per heavy atom. The minimum Gasteiger partial charge on any atom is -0.450 e. The molecule has 2 N–H and O–H groups in total. The van der Waals surface area contributed by atoms with E-state index in [0.717, 1.165) is 9.99 Å². The number of carbonyl (C=O) groups is 1. The number of rotatable bonds is 3. The number of nitrogens with one attached hydrogen (secondary N) is 2. The lowest BCUT2D eigenvalue weighted by molar-refractivity contribution is -0.115. The largest absolute Gasteiger partial charge is 0.450 e. The van der Waals surface area contributed by atoms with Gasteiger partial charge in [-0.1, -0.05) is 30.0 Å².